The number of nitrogens with one attached hydrogen (secondary N) is 3. The number of rotatable bonds is 4. The number of amides is 1. The molecular formula is C15H21N5O3S. The Kier molecular flexibility index (Phi) is 5.91. The molecule has 0 radical (unpaired) electrons. The van der Waals surface area contributed by atoms with E-state index in [9.17, 15) is 14.9 Å². The monoisotopic (exact) mass is 351 g/mol. The van der Waals surface area contributed by atoms with Gasteiger partial charge in [-0.2, -0.15) is 0 Å². The van der Waals surface area contributed by atoms with Gasteiger partial charge in [0.15, 0.2) is 5.11 Å². The maximum Gasteiger partial charge on any atom is 0.272 e. The molecule has 1 aliphatic carbocycles. The lowest BCUT2D eigenvalue weighted by molar-refractivity contribution is -0.384. The van der Waals surface area contributed by atoms with Gasteiger partial charge in [0.25, 0.3) is 11.6 Å². The van der Waals surface area contributed by atoms with Crippen LogP contribution in [0.25, 0.3) is 0 Å². The molecule has 24 heavy (non-hydrogen) atoms. The quantitative estimate of drug-likeness (QED) is 0.431. The molecule has 2 rings (SSSR count). The third-order valence-corrected chi connectivity index (χ3v) is 4.12. The van der Waals surface area contributed by atoms with Crippen molar-refractivity contribution in [2.24, 2.45) is 0 Å². The van der Waals surface area contributed by atoms with Gasteiger partial charge >= 0.3 is 0 Å². The van der Waals surface area contributed by atoms with Crippen LogP contribution in [-0.2, 0) is 0 Å². The number of anilines is 1. The Hall–Kier alpha value is -2.42. The predicted octanol–water partition coefficient (Wildman–Crippen LogP) is 1.71. The summed E-state index contributed by atoms with van der Waals surface area (Å²) in [5.74, 6) is -0.488. The molecule has 0 saturated heterocycles. The summed E-state index contributed by atoms with van der Waals surface area (Å²) in [6, 6.07) is 4.49. The fourth-order valence-electron chi connectivity index (χ4n) is 2.68. The highest BCUT2D eigenvalue weighted by Crippen LogP contribution is 2.24. The molecule has 1 aliphatic rings. The molecule has 0 aromatic heterocycles. The van der Waals surface area contributed by atoms with Crippen molar-refractivity contribution in [1.82, 2.24) is 16.2 Å². The van der Waals surface area contributed by atoms with Crippen LogP contribution in [0, 0.1) is 10.1 Å². The molecule has 1 amide bonds. The minimum atomic E-state index is -0.532. The Balaban J connectivity index is 2.03. The van der Waals surface area contributed by atoms with E-state index in [0.29, 0.717) is 16.8 Å². The second-order valence-electron chi connectivity index (χ2n) is 5.89. The van der Waals surface area contributed by atoms with Crippen molar-refractivity contribution in [3.63, 3.8) is 0 Å². The highest BCUT2D eigenvalue weighted by atomic mass is 32.1. The van der Waals surface area contributed by atoms with Crippen molar-refractivity contribution in [3.8, 4) is 0 Å². The summed E-state index contributed by atoms with van der Waals surface area (Å²) in [6.07, 6.45) is 4.47. The Bertz CT molecular complexity index is 644. The number of nitro groups is 1. The van der Waals surface area contributed by atoms with Crippen molar-refractivity contribution >= 4 is 34.6 Å². The van der Waals surface area contributed by atoms with E-state index < -0.39 is 10.8 Å². The van der Waals surface area contributed by atoms with E-state index >= 15 is 0 Å². The Labute approximate surface area is 145 Å². The average molecular weight is 351 g/mol. The van der Waals surface area contributed by atoms with E-state index in [0.717, 1.165) is 12.8 Å². The number of nitrogens with zero attached hydrogens (tertiary/aromatic N) is 2. The topological polar surface area (TPSA) is 99.5 Å². The fraction of sp³-hybridized carbons (Fsp3) is 0.467. The third-order valence-electron chi connectivity index (χ3n) is 3.90. The summed E-state index contributed by atoms with van der Waals surface area (Å²) >= 11 is 5.16. The van der Waals surface area contributed by atoms with E-state index in [4.69, 9.17) is 12.2 Å². The zero-order valence-corrected chi connectivity index (χ0v) is 14.5. The molecule has 1 saturated carbocycles. The molecule has 1 aromatic carbocycles. The third kappa shape index (κ3) is 4.54. The van der Waals surface area contributed by atoms with E-state index in [2.05, 4.69) is 16.2 Å². The van der Waals surface area contributed by atoms with Gasteiger partial charge in [-0.15, -0.1) is 0 Å². The molecule has 9 heteroatoms. The maximum absolute atomic E-state index is 12.4. The molecule has 0 aliphatic heterocycles. The molecular weight excluding hydrogens is 330 g/mol. The van der Waals surface area contributed by atoms with Gasteiger partial charge in [-0.25, -0.2) is 0 Å². The first-order valence-electron chi connectivity index (χ1n) is 7.71. The van der Waals surface area contributed by atoms with Crippen LogP contribution in [0.1, 0.15) is 36.0 Å². The van der Waals surface area contributed by atoms with E-state index in [-0.39, 0.29) is 11.3 Å². The number of non-ortho nitro benzene ring substituents is 1. The Morgan fingerprint density at radius 2 is 1.96 bits per heavy atom. The predicted molar refractivity (Wildman–Crippen MR) is 96.0 cm³/mol. The molecule has 0 atom stereocenters. The second-order valence-corrected chi connectivity index (χ2v) is 6.30. The zero-order valence-electron chi connectivity index (χ0n) is 13.7. The van der Waals surface area contributed by atoms with Crippen molar-refractivity contribution in [1.29, 1.82) is 0 Å². The smallest absolute Gasteiger partial charge is 0.272 e. The first-order valence-corrected chi connectivity index (χ1v) is 8.12. The standard InChI is InChI=1S/C15H21N5O3S/c1-19(2)13-8-7-11(20(22)23)9-12(13)14(21)17-18-15(24)16-10-5-3-4-6-10/h7-10H,3-6H2,1-2H3,(H,17,21)(H2,16,18,24). The van der Waals surface area contributed by atoms with Crippen LogP contribution in [0.5, 0.6) is 0 Å². The normalized spacial score (nSPS) is 14.1. The van der Waals surface area contributed by atoms with Gasteiger partial charge in [0.1, 0.15) is 0 Å². The molecule has 1 fully saturated rings. The zero-order chi connectivity index (χ0) is 17.7. The molecule has 1 aromatic rings. The summed E-state index contributed by atoms with van der Waals surface area (Å²) in [6.45, 7) is 0. The van der Waals surface area contributed by atoms with Crippen LogP contribution in [-0.4, -0.2) is 36.1 Å². The van der Waals surface area contributed by atoms with Gasteiger partial charge in [0.05, 0.1) is 10.5 Å². The molecule has 0 bridgehead atoms. The van der Waals surface area contributed by atoms with Crippen molar-refractivity contribution in [2.45, 2.75) is 31.7 Å². The summed E-state index contributed by atoms with van der Waals surface area (Å²) in [7, 11) is 3.52. The first-order chi connectivity index (χ1) is 11.4. The van der Waals surface area contributed by atoms with Crippen molar-refractivity contribution in [3.05, 3.63) is 33.9 Å². The Morgan fingerprint density at radius 1 is 1.29 bits per heavy atom. The number of thiocarbonyl (C=S) groups is 1. The number of hydrogen-bond acceptors (Lipinski definition) is 5. The van der Waals surface area contributed by atoms with Gasteiger partial charge in [0, 0.05) is 38.0 Å². The highest BCUT2D eigenvalue weighted by Gasteiger charge is 2.19. The maximum atomic E-state index is 12.4. The molecule has 3 N–H and O–H groups in total. The van der Waals surface area contributed by atoms with Crippen molar-refractivity contribution < 1.29 is 9.72 Å². The van der Waals surface area contributed by atoms with E-state index in [1.54, 1.807) is 25.1 Å². The molecule has 8 nitrogen and oxygen atoms in total. The number of carbonyl (C=O) groups is 1. The van der Waals surface area contributed by atoms with Gasteiger partial charge in [-0.05, 0) is 31.1 Å². The molecule has 0 unspecified atom stereocenters. The van der Waals surface area contributed by atoms with E-state index in [1.165, 1.54) is 25.0 Å². The van der Waals surface area contributed by atoms with Crippen LogP contribution >= 0.6 is 12.2 Å². The second kappa shape index (κ2) is 7.91. The summed E-state index contributed by atoms with van der Waals surface area (Å²) in [5.41, 5.74) is 5.78. The summed E-state index contributed by atoms with van der Waals surface area (Å²) < 4.78 is 0. The lowest BCUT2D eigenvalue weighted by atomic mass is 10.1. The van der Waals surface area contributed by atoms with Crippen LogP contribution in [0.4, 0.5) is 11.4 Å². The summed E-state index contributed by atoms with van der Waals surface area (Å²) in [5, 5.41) is 14.4. The van der Waals surface area contributed by atoms with Gasteiger partial charge in [0.2, 0.25) is 0 Å². The lowest BCUT2D eigenvalue weighted by Gasteiger charge is -2.19. The minimum Gasteiger partial charge on any atom is -0.377 e. The molecule has 130 valence electrons. The first kappa shape index (κ1) is 17.9. The number of hydrogen-bond donors (Lipinski definition) is 3. The highest BCUT2D eigenvalue weighted by molar-refractivity contribution is 7.80. The largest absolute Gasteiger partial charge is 0.377 e. The minimum absolute atomic E-state index is 0.141. The lowest BCUT2D eigenvalue weighted by Crippen LogP contribution is -2.49. The van der Waals surface area contributed by atoms with Crippen LogP contribution in [0.15, 0.2) is 18.2 Å². The SMILES string of the molecule is CN(C)c1ccc([N+](=O)[O-])cc1C(=O)NNC(=S)NC1CCCC1. The van der Waals surface area contributed by atoms with Crippen molar-refractivity contribution in [2.75, 3.05) is 19.0 Å². The van der Waals surface area contributed by atoms with Crippen LogP contribution in [0.2, 0.25) is 0 Å². The number of nitro benzene ring substituents is 1. The average Bonchev–Trinajstić information content (AvgIpc) is 3.04. The van der Waals surface area contributed by atoms with Gasteiger partial charge in [-0.1, -0.05) is 12.8 Å². The van der Waals surface area contributed by atoms with Crippen LogP contribution in [0.3, 0.4) is 0 Å². The Morgan fingerprint density at radius 3 is 2.54 bits per heavy atom. The number of benzene rings is 1. The van der Waals surface area contributed by atoms with Crippen LogP contribution < -0.4 is 21.1 Å². The van der Waals surface area contributed by atoms with E-state index in [1.807, 2.05) is 0 Å². The number of hydrazine groups is 1. The molecule has 0 spiro atoms. The fourth-order valence-corrected chi connectivity index (χ4v) is 2.90. The summed E-state index contributed by atoms with van der Waals surface area (Å²) in [4.78, 5) is 24.5. The van der Waals surface area contributed by atoms with Gasteiger partial charge in [-0.3, -0.25) is 25.8 Å². The molecule has 0 heterocycles. The van der Waals surface area contributed by atoms with Gasteiger partial charge < -0.3 is 10.2 Å². The number of carbonyl (C=O) groups excluding carboxylic acids is 1.